The van der Waals surface area contributed by atoms with Crippen molar-refractivity contribution in [1.82, 2.24) is 4.57 Å². The summed E-state index contributed by atoms with van der Waals surface area (Å²) in [5, 5.41) is 3.65. The number of amides is 1. The zero-order valence-electron chi connectivity index (χ0n) is 18.1. The van der Waals surface area contributed by atoms with Crippen molar-refractivity contribution in [3.05, 3.63) is 60.3 Å². The van der Waals surface area contributed by atoms with Crippen LogP contribution in [0.4, 0.5) is 10.5 Å². The summed E-state index contributed by atoms with van der Waals surface area (Å²) in [5.74, 6) is 0.732. The lowest BCUT2D eigenvalue weighted by molar-refractivity contribution is -0.113. The highest BCUT2D eigenvalue weighted by atomic mass is 16.6. The van der Waals surface area contributed by atoms with Gasteiger partial charge in [0, 0.05) is 11.6 Å². The molecule has 0 fully saturated rings. The number of nitrogens with zero attached hydrogens (tertiary/aromatic N) is 1. The van der Waals surface area contributed by atoms with Crippen molar-refractivity contribution in [3.63, 3.8) is 0 Å². The van der Waals surface area contributed by atoms with Crippen LogP contribution in [0.15, 0.2) is 54.7 Å². The average Bonchev–Trinajstić information content (AvgIpc) is 3.14. The van der Waals surface area contributed by atoms with E-state index < -0.39 is 17.2 Å². The SMILES string of the molecule is CCC(C=O)(c1ccc(OC)cc1)n1ccc2c(NC(=O)OC(C)(C)C)cccc21. The summed E-state index contributed by atoms with van der Waals surface area (Å²) in [7, 11) is 1.61. The zero-order chi connectivity index (χ0) is 21.9. The molecule has 0 aliphatic carbocycles. The Morgan fingerprint density at radius 2 is 1.80 bits per heavy atom. The normalized spacial score (nSPS) is 13.5. The van der Waals surface area contributed by atoms with Crippen LogP contribution in [-0.4, -0.2) is 29.7 Å². The Hall–Kier alpha value is -3.28. The first-order chi connectivity index (χ1) is 14.2. The highest BCUT2D eigenvalue weighted by Gasteiger charge is 2.33. The smallest absolute Gasteiger partial charge is 0.412 e. The second kappa shape index (κ2) is 8.22. The number of nitrogens with one attached hydrogen (secondary N) is 1. The third-order valence-electron chi connectivity index (χ3n) is 5.12. The molecule has 3 aromatic rings. The number of rotatable bonds is 6. The molecule has 1 N–H and O–H groups in total. The minimum absolute atomic E-state index is 0.518. The van der Waals surface area contributed by atoms with Gasteiger partial charge in [-0.15, -0.1) is 0 Å². The molecule has 6 nitrogen and oxygen atoms in total. The molecule has 158 valence electrons. The topological polar surface area (TPSA) is 69.6 Å². The fourth-order valence-corrected chi connectivity index (χ4v) is 3.64. The summed E-state index contributed by atoms with van der Waals surface area (Å²) in [6.07, 6.45) is 2.90. The van der Waals surface area contributed by atoms with Crippen molar-refractivity contribution in [2.24, 2.45) is 0 Å². The molecule has 1 amide bonds. The van der Waals surface area contributed by atoms with Crippen LogP contribution in [0.3, 0.4) is 0 Å². The van der Waals surface area contributed by atoms with Gasteiger partial charge in [0.15, 0.2) is 0 Å². The molecule has 1 heterocycles. The van der Waals surface area contributed by atoms with E-state index in [9.17, 15) is 9.59 Å². The molecule has 30 heavy (non-hydrogen) atoms. The largest absolute Gasteiger partial charge is 0.497 e. The number of ether oxygens (including phenoxy) is 2. The molecular formula is C24H28N2O4. The summed E-state index contributed by atoms with van der Waals surface area (Å²) in [5.41, 5.74) is 0.870. The van der Waals surface area contributed by atoms with E-state index >= 15 is 0 Å². The first-order valence-corrected chi connectivity index (χ1v) is 9.95. The zero-order valence-corrected chi connectivity index (χ0v) is 18.1. The molecule has 0 aliphatic rings. The molecule has 0 saturated carbocycles. The summed E-state index contributed by atoms with van der Waals surface area (Å²) < 4.78 is 12.6. The molecule has 1 atom stereocenters. The highest BCUT2D eigenvalue weighted by Crippen LogP contribution is 2.35. The van der Waals surface area contributed by atoms with Gasteiger partial charge < -0.3 is 18.8 Å². The van der Waals surface area contributed by atoms with Crippen molar-refractivity contribution in [1.29, 1.82) is 0 Å². The fourth-order valence-electron chi connectivity index (χ4n) is 3.64. The molecule has 0 bridgehead atoms. The molecule has 3 rings (SSSR count). The van der Waals surface area contributed by atoms with E-state index in [0.717, 1.165) is 28.5 Å². The van der Waals surface area contributed by atoms with Crippen molar-refractivity contribution >= 4 is 29.0 Å². The molecule has 1 aromatic heterocycles. The molecule has 0 saturated heterocycles. The van der Waals surface area contributed by atoms with E-state index in [1.54, 1.807) is 7.11 Å². The molecule has 0 radical (unpaired) electrons. The molecule has 6 heteroatoms. The summed E-state index contributed by atoms with van der Waals surface area (Å²) in [4.78, 5) is 24.7. The van der Waals surface area contributed by atoms with E-state index in [-0.39, 0.29) is 0 Å². The van der Waals surface area contributed by atoms with Gasteiger partial charge in [-0.3, -0.25) is 5.32 Å². The van der Waals surface area contributed by atoms with Crippen LogP contribution in [0, 0.1) is 0 Å². The van der Waals surface area contributed by atoms with E-state index in [2.05, 4.69) is 5.32 Å². The Balaban J connectivity index is 2.06. The van der Waals surface area contributed by atoms with Crippen LogP contribution in [0.5, 0.6) is 5.75 Å². The number of carbonyl (C=O) groups is 2. The minimum atomic E-state index is -0.876. The number of methoxy groups -OCH3 is 1. The van der Waals surface area contributed by atoms with Gasteiger partial charge in [-0.25, -0.2) is 4.79 Å². The van der Waals surface area contributed by atoms with Crippen LogP contribution in [0.25, 0.3) is 10.9 Å². The van der Waals surface area contributed by atoms with Gasteiger partial charge in [-0.2, -0.15) is 0 Å². The van der Waals surface area contributed by atoms with Gasteiger partial charge in [-0.1, -0.05) is 25.1 Å². The number of fused-ring (bicyclic) bond motifs is 1. The summed E-state index contributed by atoms with van der Waals surface area (Å²) in [6.45, 7) is 7.43. The molecular weight excluding hydrogens is 380 g/mol. The van der Waals surface area contributed by atoms with Crippen molar-refractivity contribution < 1.29 is 19.1 Å². The van der Waals surface area contributed by atoms with E-state index in [1.165, 1.54) is 0 Å². The van der Waals surface area contributed by atoms with Gasteiger partial charge in [0.25, 0.3) is 0 Å². The third-order valence-corrected chi connectivity index (χ3v) is 5.12. The van der Waals surface area contributed by atoms with Gasteiger partial charge in [0.05, 0.1) is 18.3 Å². The first-order valence-electron chi connectivity index (χ1n) is 9.95. The van der Waals surface area contributed by atoms with Gasteiger partial charge in [0.2, 0.25) is 0 Å². The maximum Gasteiger partial charge on any atom is 0.412 e. The molecule has 0 spiro atoms. The maximum absolute atomic E-state index is 12.4. The number of benzene rings is 2. The Bertz CT molecular complexity index is 1050. The van der Waals surface area contributed by atoms with Crippen LogP contribution in [-0.2, 0) is 15.1 Å². The summed E-state index contributed by atoms with van der Waals surface area (Å²) in [6, 6.07) is 15.0. The van der Waals surface area contributed by atoms with E-state index in [1.807, 2.05) is 87.0 Å². The standard InChI is InChI=1S/C24H28N2O4/c1-6-24(16-27,17-10-12-18(29-5)13-11-17)26-15-14-19-20(8-7-9-21(19)26)25-22(28)30-23(2,3)4/h7-16H,6H2,1-5H3,(H,25,28). The predicted octanol–water partition coefficient (Wildman–Crippen LogP) is 5.35. The Morgan fingerprint density at radius 3 is 2.37 bits per heavy atom. The van der Waals surface area contributed by atoms with Crippen molar-refractivity contribution in [2.75, 3.05) is 12.4 Å². The Morgan fingerprint density at radius 1 is 1.10 bits per heavy atom. The van der Waals surface area contributed by atoms with Gasteiger partial charge in [0.1, 0.15) is 23.2 Å². The highest BCUT2D eigenvalue weighted by molar-refractivity contribution is 6.00. The summed E-state index contributed by atoms with van der Waals surface area (Å²) >= 11 is 0. The fraction of sp³-hybridized carbons (Fsp3) is 0.333. The van der Waals surface area contributed by atoms with Crippen LogP contribution < -0.4 is 10.1 Å². The van der Waals surface area contributed by atoms with E-state index in [4.69, 9.17) is 9.47 Å². The molecule has 2 aromatic carbocycles. The van der Waals surface area contributed by atoms with Crippen LogP contribution in [0.1, 0.15) is 39.7 Å². The molecule has 0 aliphatic heterocycles. The Labute approximate surface area is 176 Å². The monoisotopic (exact) mass is 408 g/mol. The average molecular weight is 408 g/mol. The maximum atomic E-state index is 12.4. The lowest BCUT2D eigenvalue weighted by Crippen LogP contribution is -2.35. The minimum Gasteiger partial charge on any atom is -0.497 e. The lowest BCUT2D eigenvalue weighted by atomic mass is 9.88. The van der Waals surface area contributed by atoms with Crippen molar-refractivity contribution in [2.45, 2.75) is 45.3 Å². The van der Waals surface area contributed by atoms with Crippen molar-refractivity contribution in [3.8, 4) is 5.75 Å². The van der Waals surface area contributed by atoms with Crippen LogP contribution in [0.2, 0.25) is 0 Å². The molecule has 1 unspecified atom stereocenters. The second-order valence-corrected chi connectivity index (χ2v) is 8.18. The number of anilines is 1. The van der Waals surface area contributed by atoms with E-state index in [0.29, 0.717) is 12.1 Å². The van der Waals surface area contributed by atoms with Gasteiger partial charge >= 0.3 is 6.09 Å². The second-order valence-electron chi connectivity index (χ2n) is 8.18. The number of hydrogen-bond donors (Lipinski definition) is 1. The van der Waals surface area contributed by atoms with Crippen LogP contribution >= 0.6 is 0 Å². The number of aldehydes is 1. The number of carbonyl (C=O) groups excluding carboxylic acids is 2. The van der Waals surface area contributed by atoms with Gasteiger partial charge in [-0.05, 0) is 63.1 Å². The predicted molar refractivity (Wildman–Crippen MR) is 118 cm³/mol. The first kappa shape index (κ1) is 21.4. The third kappa shape index (κ3) is 4.03. The quantitative estimate of drug-likeness (QED) is 0.558. The lowest BCUT2D eigenvalue weighted by Gasteiger charge is -2.30. The Kier molecular flexibility index (Phi) is 5.87. The number of hydrogen-bond acceptors (Lipinski definition) is 4. The number of aromatic nitrogens is 1.